The predicted molar refractivity (Wildman–Crippen MR) is 193 cm³/mol. The monoisotopic (exact) mass is 688 g/mol. The van der Waals surface area contributed by atoms with Crippen molar-refractivity contribution in [1.82, 2.24) is 0 Å². The SMILES string of the molecule is CC(C)C1(C(=O)OCC2(c3ccc(Cl)cc3)OCC(c3ccccc3)(c3ccccc3)CO2)OCC(c2ccccc2)(c2ccccc2)CO1. The van der Waals surface area contributed by atoms with Gasteiger partial charge in [-0.05, 0) is 34.4 Å². The van der Waals surface area contributed by atoms with E-state index in [2.05, 4.69) is 48.5 Å². The predicted octanol–water partition coefficient (Wildman–Crippen LogP) is 8.45. The number of carbonyl (C=O) groups excluding carboxylic acids is 1. The Balaban J connectivity index is 1.17. The number of rotatable bonds is 9. The molecule has 0 N–H and O–H groups in total. The van der Waals surface area contributed by atoms with E-state index in [4.69, 9.17) is 35.3 Å². The third kappa shape index (κ3) is 6.16. The lowest BCUT2D eigenvalue weighted by atomic mass is 9.74. The van der Waals surface area contributed by atoms with E-state index in [1.165, 1.54) is 0 Å². The maximum absolute atomic E-state index is 14.3. The number of hydrogen-bond donors (Lipinski definition) is 0. The molecule has 0 spiro atoms. The third-order valence-electron chi connectivity index (χ3n) is 10.2. The van der Waals surface area contributed by atoms with Crippen molar-refractivity contribution in [2.75, 3.05) is 33.0 Å². The van der Waals surface area contributed by atoms with Gasteiger partial charge < -0.3 is 23.7 Å². The number of benzene rings is 5. The molecule has 7 heteroatoms. The minimum absolute atomic E-state index is 0.223. The lowest BCUT2D eigenvalue weighted by molar-refractivity contribution is -0.325. The zero-order valence-corrected chi connectivity index (χ0v) is 29.1. The van der Waals surface area contributed by atoms with Crippen LogP contribution in [-0.4, -0.2) is 44.8 Å². The van der Waals surface area contributed by atoms with E-state index in [0.29, 0.717) is 10.6 Å². The Bertz CT molecular complexity index is 1760. The molecule has 6 nitrogen and oxygen atoms in total. The number of esters is 1. The molecule has 0 atom stereocenters. The molecule has 0 amide bonds. The summed E-state index contributed by atoms with van der Waals surface area (Å²) >= 11 is 6.30. The van der Waals surface area contributed by atoms with Gasteiger partial charge in [-0.1, -0.05) is 159 Å². The van der Waals surface area contributed by atoms with Gasteiger partial charge >= 0.3 is 5.97 Å². The fourth-order valence-electron chi connectivity index (χ4n) is 7.12. The fraction of sp³-hybridized carbons (Fsp3) is 0.279. The van der Waals surface area contributed by atoms with Gasteiger partial charge in [0.05, 0.1) is 37.3 Å². The van der Waals surface area contributed by atoms with Gasteiger partial charge in [-0.3, -0.25) is 0 Å². The van der Waals surface area contributed by atoms with Gasteiger partial charge in [-0.2, -0.15) is 0 Å². The second-order valence-corrected chi connectivity index (χ2v) is 13.9. The van der Waals surface area contributed by atoms with Crippen molar-refractivity contribution in [2.24, 2.45) is 5.92 Å². The van der Waals surface area contributed by atoms with Crippen LogP contribution in [0.1, 0.15) is 41.7 Å². The maximum atomic E-state index is 14.3. The number of hydrogen-bond acceptors (Lipinski definition) is 6. The molecule has 2 fully saturated rings. The van der Waals surface area contributed by atoms with E-state index in [-0.39, 0.29) is 39.0 Å². The quantitative estimate of drug-likeness (QED) is 0.145. The summed E-state index contributed by atoms with van der Waals surface area (Å²) in [5.41, 5.74) is 3.70. The molecule has 2 aliphatic rings. The van der Waals surface area contributed by atoms with Crippen LogP contribution in [0.4, 0.5) is 0 Å². The van der Waals surface area contributed by atoms with Crippen LogP contribution in [0.15, 0.2) is 146 Å². The largest absolute Gasteiger partial charge is 0.456 e. The van der Waals surface area contributed by atoms with Crippen molar-refractivity contribution in [3.63, 3.8) is 0 Å². The topological polar surface area (TPSA) is 63.2 Å². The molecule has 2 saturated heterocycles. The van der Waals surface area contributed by atoms with Gasteiger partial charge in [-0.25, -0.2) is 4.79 Å². The van der Waals surface area contributed by atoms with Crippen molar-refractivity contribution in [3.8, 4) is 0 Å². The first-order valence-electron chi connectivity index (χ1n) is 17.0. The van der Waals surface area contributed by atoms with Crippen molar-refractivity contribution < 1.29 is 28.5 Å². The molecule has 50 heavy (non-hydrogen) atoms. The molecule has 5 aromatic carbocycles. The second-order valence-electron chi connectivity index (χ2n) is 13.4. The Morgan fingerprint density at radius 1 is 0.560 bits per heavy atom. The smallest absolute Gasteiger partial charge is 0.367 e. The molecule has 0 aliphatic carbocycles. The molecule has 256 valence electrons. The summed E-state index contributed by atoms with van der Waals surface area (Å²) in [6.45, 7) is 4.57. The molecule has 0 aromatic heterocycles. The molecule has 2 heterocycles. The summed E-state index contributed by atoms with van der Waals surface area (Å²) in [6, 6.07) is 47.9. The molecule has 2 aliphatic heterocycles. The van der Waals surface area contributed by atoms with Crippen LogP contribution in [0.2, 0.25) is 5.02 Å². The van der Waals surface area contributed by atoms with Gasteiger partial charge in [0.15, 0.2) is 6.61 Å². The summed E-state index contributed by atoms with van der Waals surface area (Å²) in [5, 5.41) is 0.572. The molecule has 0 unspecified atom stereocenters. The zero-order valence-electron chi connectivity index (χ0n) is 28.3. The van der Waals surface area contributed by atoms with Crippen LogP contribution in [0.5, 0.6) is 0 Å². The first-order chi connectivity index (χ1) is 24.3. The van der Waals surface area contributed by atoms with E-state index >= 15 is 0 Å². The summed E-state index contributed by atoms with van der Waals surface area (Å²) < 4.78 is 32.8. The van der Waals surface area contributed by atoms with Gasteiger partial charge in [0.1, 0.15) is 0 Å². The molecule has 0 radical (unpaired) electrons. The van der Waals surface area contributed by atoms with Crippen molar-refractivity contribution in [2.45, 2.75) is 36.3 Å². The third-order valence-corrected chi connectivity index (χ3v) is 10.4. The molecular formula is C43H41ClO6. The van der Waals surface area contributed by atoms with Crippen molar-refractivity contribution in [1.29, 1.82) is 0 Å². The minimum atomic E-state index is -1.64. The number of halogens is 1. The van der Waals surface area contributed by atoms with Crippen LogP contribution in [0, 0.1) is 5.92 Å². The average Bonchev–Trinajstić information content (AvgIpc) is 3.19. The zero-order chi connectivity index (χ0) is 34.7. The Labute approximate surface area is 298 Å². The summed E-state index contributed by atoms with van der Waals surface area (Å²) in [6.07, 6.45) is 0. The van der Waals surface area contributed by atoms with Crippen LogP contribution >= 0.6 is 11.6 Å². The lowest BCUT2D eigenvalue weighted by Gasteiger charge is -2.48. The van der Waals surface area contributed by atoms with Crippen molar-refractivity contribution in [3.05, 3.63) is 178 Å². The second kappa shape index (κ2) is 14.1. The summed E-state index contributed by atoms with van der Waals surface area (Å²) in [7, 11) is 0. The van der Waals surface area contributed by atoms with Gasteiger partial charge in [0, 0.05) is 16.5 Å². The number of ether oxygens (including phenoxy) is 5. The minimum Gasteiger partial charge on any atom is -0.456 e. The molecule has 7 rings (SSSR count). The molecule has 0 bridgehead atoms. The van der Waals surface area contributed by atoms with E-state index in [0.717, 1.165) is 22.3 Å². The van der Waals surface area contributed by atoms with Crippen LogP contribution in [0.3, 0.4) is 0 Å². The highest BCUT2D eigenvalue weighted by Gasteiger charge is 2.55. The summed E-state index contributed by atoms with van der Waals surface area (Å²) in [5.74, 6) is -4.03. The first-order valence-corrected chi connectivity index (χ1v) is 17.4. The van der Waals surface area contributed by atoms with E-state index in [9.17, 15) is 4.79 Å². The highest BCUT2D eigenvalue weighted by atomic mass is 35.5. The summed E-state index contributed by atoms with van der Waals surface area (Å²) in [4.78, 5) is 14.3. The van der Waals surface area contributed by atoms with E-state index in [1.54, 1.807) is 12.1 Å². The molecular weight excluding hydrogens is 648 g/mol. The van der Waals surface area contributed by atoms with Crippen LogP contribution in [-0.2, 0) is 45.1 Å². The average molecular weight is 689 g/mol. The van der Waals surface area contributed by atoms with Gasteiger partial charge in [-0.15, -0.1) is 0 Å². The Hall–Kier alpha value is -4.30. The standard InChI is InChI=1S/C43H41ClO6/c1-32(2)43(49-29-41(30-50-43,35-19-11-5-12-20-35)36-21-13-6-14-22-36)39(45)46-31-42(37-23-25-38(44)26-24-37)47-27-40(28-48-42,33-15-7-3-8-16-33)34-17-9-4-10-18-34/h3-26,32H,27-31H2,1-2H3. The van der Waals surface area contributed by atoms with Gasteiger partial charge in [0.2, 0.25) is 5.79 Å². The Kier molecular flexibility index (Phi) is 9.66. The van der Waals surface area contributed by atoms with E-state index in [1.807, 2.05) is 98.8 Å². The highest BCUT2D eigenvalue weighted by molar-refractivity contribution is 6.30. The van der Waals surface area contributed by atoms with Gasteiger partial charge in [0.25, 0.3) is 5.79 Å². The first kappa shape index (κ1) is 34.2. The fourth-order valence-corrected chi connectivity index (χ4v) is 7.25. The highest BCUT2D eigenvalue weighted by Crippen LogP contribution is 2.45. The lowest BCUT2D eigenvalue weighted by Crippen LogP contribution is -2.60. The number of carbonyl (C=O) groups is 1. The Morgan fingerprint density at radius 2 is 0.920 bits per heavy atom. The van der Waals surface area contributed by atoms with Crippen LogP contribution < -0.4 is 0 Å². The van der Waals surface area contributed by atoms with Crippen LogP contribution in [0.25, 0.3) is 0 Å². The van der Waals surface area contributed by atoms with E-state index < -0.39 is 28.4 Å². The Morgan fingerprint density at radius 3 is 1.28 bits per heavy atom. The van der Waals surface area contributed by atoms with Crippen molar-refractivity contribution >= 4 is 17.6 Å². The molecule has 5 aromatic rings. The normalized spacial score (nSPS) is 19.0. The maximum Gasteiger partial charge on any atom is 0.367 e. The molecule has 0 saturated carbocycles.